The van der Waals surface area contributed by atoms with Gasteiger partial charge in [-0.2, -0.15) is 0 Å². The summed E-state index contributed by atoms with van der Waals surface area (Å²) in [6, 6.07) is 50.0. The van der Waals surface area contributed by atoms with Crippen LogP contribution in [0.2, 0.25) is 0 Å². The maximum Gasteiger partial charge on any atom is 0.252 e. The van der Waals surface area contributed by atoms with E-state index in [1.807, 2.05) is 0 Å². The Morgan fingerprint density at radius 2 is 1.09 bits per heavy atom. The van der Waals surface area contributed by atoms with Gasteiger partial charge in [-0.05, 0) is 170 Å². The SMILES string of the molecule is Cc1ccccc1N(c1ccc2c(c1)N(c1cc3c(cc1C)C(C)(C)CCC3(C)C)c1cc(C(C)(C)C)cc3c1B2c1cc(C(C)(C)C)cc2c4c(n-3c12)C(C)(C)c1ccccc1-4)c1ccccc1C. The Morgan fingerprint density at radius 1 is 0.514 bits per heavy atom. The van der Waals surface area contributed by atoms with Crippen LogP contribution in [0.5, 0.6) is 0 Å². The monoisotopic (exact) mass is 916 g/mol. The van der Waals surface area contributed by atoms with Crippen LogP contribution in [-0.4, -0.2) is 11.3 Å². The van der Waals surface area contributed by atoms with Crippen molar-refractivity contribution < 1.29 is 0 Å². The second-order valence-corrected chi connectivity index (χ2v) is 25.5. The van der Waals surface area contributed by atoms with Crippen molar-refractivity contribution in [2.75, 3.05) is 9.80 Å². The largest absolute Gasteiger partial charge is 0.313 e. The molecule has 3 nitrogen and oxygen atoms in total. The quantitative estimate of drug-likeness (QED) is 0.163. The van der Waals surface area contributed by atoms with E-state index in [1.165, 1.54) is 129 Å². The molecule has 4 aliphatic rings. The Kier molecular flexibility index (Phi) is 9.41. The van der Waals surface area contributed by atoms with Crippen LogP contribution in [0, 0.1) is 20.8 Å². The second kappa shape index (κ2) is 14.7. The first-order chi connectivity index (χ1) is 33.0. The zero-order chi connectivity index (χ0) is 49.4. The molecule has 7 aromatic carbocycles. The van der Waals surface area contributed by atoms with E-state index in [0.29, 0.717) is 0 Å². The van der Waals surface area contributed by atoms with Crippen LogP contribution in [0.4, 0.5) is 34.1 Å². The molecule has 0 fully saturated rings. The smallest absolute Gasteiger partial charge is 0.252 e. The molecule has 0 saturated heterocycles. The Morgan fingerprint density at radius 3 is 1.71 bits per heavy atom. The van der Waals surface area contributed by atoms with Gasteiger partial charge in [-0.1, -0.05) is 162 Å². The molecular formula is C66H70BN3. The molecule has 0 atom stereocenters. The van der Waals surface area contributed by atoms with Gasteiger partial charge in [0.1, 0.15) is 0 Å². The third-order valence-electron chi connectivity index (χ3n) is 17.5. The van der Waals surface area contributed by atoms with Gasteiger partial charge in [0.2, 0.25) is 0 Å². The zero-order valence-electron chi connectivity index (χ0n) is 44.5. The maximum atomic E-state index is 2.76. The van der Waals surface area contributed by atoms with Gasteiger partial charge >= 0.3 is 0 Å². The molecule has 3 heterocycles. The Hall–Kier alpha value is -6.26. The summed E-state index contributed by atoms with van der Waals surface area (Å²) in [5.74, 6) is 0. The molecular weight excluding hydrogens is 846 g/mol. The van der Waals surface area contributed by atoms with Gasteiger partial charge < -0.3 is 14.4 Å². The standard InChI is InChI=1S/C66H70BN3/c1-39-22-16-20-26-52(39)68(53-27-21-17-23-40(53)2)44-28-29-50-55(37-44)69(54-38-49-48(32-41(54)3)64(10,11)30-31-65(49,12)13)56-35-43(63(7,8)9)36-57-59(56)67(50)51-34-42(62(4,5)6)33-46-58-45-24-18-19-25-47(45)66(14,15)61(58)70(57)60(46)51/h16-29,32-38H,30-31H2,1-15H3. The molecule has 352 valence electrons. The van der Waals surface area contributed by atoms with Gasteiger partial charge in [0.05, 0.1) is 0 Å². The van der Waals surface area contributed by atoms with Crippen molar-refractivity contribution in [3.63, 3.8) is 0 Å². The number of anilines is 6. The average molecular weight is 916 g/mol. The van der Waals surface area contributed by atoms with Gasteiger partial charge in [0, 0.05) is 67.4 Å². The number of para-hydroxylation sites is 2. The number of rotatable bonds is 4. The number of aryl methyl sites for hydroxylation is 3. The highest BCUT2D eigenvalue weighted by molar-refractivity contribution is 7.00. The summed E-state index contributed by atoms with van der Waals surface area (Å²) in [6.45, 7) is 36.1. The minimum Gasteiger partial charge on any atom is -0.313 e. The summed E-state index contributed by atoms with van der Waals surface area (Å²) in [5.41, 5.74) is 29.1. The first-order valence-corrected chi connectivity index (χ1v) is 26.0. The zero-order valence-corrected chi connectivity index (χ0v) is 44.5. The van der Waals surface area contributed by atoms with Crippen LogP contribution in [-0.2, 0) is 27.1 Å². The molecule has 0 saturated carbocycles. The van der Waals surface area contributed by atoms with Crippen LogP contribution in [0.15, 0.2) is 127 Å². The Balaban J connectivity index is 1.26. The minimum atomic E-state index is -0.217. The minimum absolute atomic E-state index is 0.00341. The van der Waals surface area contributed by atoms with E-state index in [9.17, 15) is 0 Å². The van der Waals surface area contributed by atoms with E-state index in [-0.39, 0.29) is 33.8 Å². The molecule has 1 aromatic heterocycles. The van der Waals surface area contributed by atoms with E-state index in [4.69, 9.17) is 0 Å². The van der Waals surface area contributed by atoms with Crippen LogP contribution in [0.1, 0.15) is 146 Å². The third-order valence-corrected chi connectivity index (χ3v) is 17.5. The molecule has 4 heteroatoms. The van der Waals surface area contributed by atoms with Crippen LogP contribution in [0.3, 0.4) is 0 Å². The fraction of sp³-hybridized carbons (Fsp3) is 0.333. The number of hydrogen-bond donors (Lipinski definition) is 0. The molecule has 2 aliphatic carbocycles. The lowest BCUT2D eigenvalue weighted by Gasteiger charge is -2.45. The van der Waals surface area contributed by atoms with E-state index in [0.717, 1.165) is 12.1 Å². The predicted molar refractivity (Wildman–Crippen MR) is 302 cm³/mol. The van der Waals surface area contributed by atoms with E-state index in [2.05, 4.69) is 246 Å². The highest BCUT2D eigenvalue weighted by atomic mass is 15.2. The third kappa shape index (κ3) is 6.26. The van der Waals surface area contributed by atoms with Gasteiger partial charge in [0.15, 0.2) is 0 Å². The average Bonchev–Trinajstić information content (AvgIpc) is 3.77. The summed E-state index contributed by atoms with van der Waals surface area (Å²) in [6.07, 6.45) is 2.35. The molecule has 0 unspecified atom stereocenters. The molecule has 2 aliphatic heterocycles. The van der Waals surface area contributed by atoms with Crippen molar-refractivity contribution >= 4 is 68.1 Å². The molecule has 0 radical (unpaired) electrons. The first-order valence-electron chi connectivity index (χ1n) is 26.0. The van der Waals surface area contributed by atoms with Crippen molar-refractivity contribution in [1.82, 2.24) is 4.57 Å². The topological polar surface area (TPSA) is 11.4 Å². The molecule has 0 amide bonds. The lowest BCUT2D eigenvalue weighted by atomic mass is 9.33. The van der Waals surface area contributed by atoms with E-state index >= 15 is 0 Å². The predicted octanol–water partition coefficient (Wildman–Crippen LogP) is 15.9. The first kappa shape index (κ1) is 44.9. The molecule has 12 rings (SSSR count). The van der Waals surface area contributed by atoms with E-state index in [1.54, 1.807) is 0 Å². The highest BCUT2D eigenvalue weighted by Gasteiger charge is 2.49. The van der Waals surface area contributed by atoms with Gasteiger partial charge in [-0.3, -0.25) is 0 Å². The second-order valence-electron chi connectivity index (χ2n) is 25.5. The summed E-state index contributed by atoms with van der Waals surface area (Å²) in [4.78, 5) is 5.24. The lowest BCUT2D eigenvalue weighted by Crippen LogP contribution is -2.61. The molecule has 8 aromatic rings. The van der Waals surface area contributed by atoms with Crippen LogP contribution < -0.4 is 26.2 Å². The van der Waals surface area contributed by atoms with Crippen LogP contribution >= 0.6 is 0 Å². The van der Waals surface area contributed by atoms with Crippen molar-refractivity contribution in [2.45, 2.75) is 144 Å². The summed E-state index contributed by atoms with van der Waals surface area (Å²) >= 11 is 0. The number of hydrogen-bond acceptors (Lipinski definition) is 2. The number of aromatic nitrogens is 1. The lowest BCUT2D eigenvalue weighted by molar-refractivity contribution is 0.332. The van der Waals surface area contributed by atoms with Crippen molar-refractivity contribution in [3.05, 3.63) is 178 Å². The Bertz CT molecular complexity index is 3500. The van der Waals surface area contributed by atoms with Gasteiger partial charge in [0.25, 0.3) is 6.71 Å². The van der Waals surface area contributed by atoms with Crippen molar-refractivity contribution in [2.24, 2.45) is 0 Å². The van der Waals surface area contributed by atoms with E-state index < -0.39 is 0 Å². The molecule has 70 heavy (non-hydrogen) atoms. The van der Waals surface area contributed by atoms with Crippen molar-refractivity contribution in [3.8, 4) is 16.8 Å². The molecule has 0 N–H and O–H groups in total. The van der Waals surface area contributed by atoms with Gasteiger partial charge in [-0.25, -0.2) is 0 Å². The summed E-state index contributed by atoms with van der Waals surface area (Å²) in [5, 5.41) is 1.38. The number of benzene rings is 7. The normalized spacial score (nSPS) is 16.7. The van der Waals surface area contributed by atoms with Crippen molar-refractivity contribution in [1.29, 1.82) is 0 Å². The van der Waals surface area contributed by atoms with Gasteiger partial charge in [-0.15, -0.1) is 0 Å². The number of nitrogens with zero attached hydrogens (tertiary/aromatic N) is 3. The van der Waals surface area contributed by atoms with Crippen LogP contribution in [0.25, 0.3) is 27.7 Å². The fourth-order valence-electron chi connectivity index (χ4n) is 13.3. The molecule has 0 spiro atoms. The molecule has 0 bridgehead atoms. The highest BCUT2D eigenvalue weighted by Crippen LogP contribution is 2.56. The fourth-order valence-corrected chi connectivity index (χ4v) is 13.3. The maximum absolute atomic E-state index is 2.76. The Labute approximate surface area is 418 Å². The number of fused-ring (bicyclic) bond motifs is 10. The summed E-state index contributed by atoms with van der Waals surface area (Å²) < 4.78 is 2.76. The summed E-state index contributed by atoms with van der Waals surface area (Å²) in [7, 11) is 0.